The summed E-state index contributed by atoms with van der Waals surface area (Å²) in [6.07, 6.45) is 0. The first-order chi connectivity index (χ1) is 14.3. The highest BCUT2D eigenvalue weighted by molar-refractivity contribution is 9.10. The highest BCUT2D eigenvalue weighted by Gasteiger charge is 2.19. The molecule has 0 saturated heterocycles. The lowest BCUT2D eigenvalue weighted by Crippen LogP contribution is -2.20. The first-order valence-corrected chi connectivity index (χ1v) is 9.54. The summed E-state index contributed by atoms with van der Waals surface area (Å²) in [6, 6.07) is 13.3. The van der Waals surface area contributed by atoms with E-state index in [-0.39, 0.29) is 23.5 Å². The molecule has 1 heterocycles. The van der Waals surface area contributed by atoms with E-state index in [0.717, 1.165) is 27.2 Å². The van der Waals surface area contributed by atoms with Crippen LogP contribution in [-0.2, 0) is 6.54 Å². The molecule has 0 saturated carbocycles. The molecule has 0 amide bonds. The van der Waals surface area contributed by atoms with E-state index < -0.39 is 28.7 Å². The smallest absolute Gasteiger partial charge is 0.408 e. The van der Waals surface area contributed by atoms with Gasteiger partial charge in [0.15, 0.2) is 17.1 Å². The molecule has 0 N–H and O–H groups in total. The van der Waals surface area contributed by atoms with E-state index in [0.29, 0.717) is 11.1 Å². The van der Waals surface area contributed by atoms with Gasteiger partial charge in [0.05, 0.1) is 17.6 Å². The molecule has 4 aromatic rings. The lowest BCUT2D eigenvalue weighted by Gasteiger charge is -2.05. The van der Waals surface area contributed by atoms with Gasteiger partial charge in [-0.1, -0.05) is 28.1 Å². The molecule has 0 aliphatic heterocycles. The van der Waals surface area contributed by atoms with Crippen molar-refractivity contribution in [2.75, 3.05) is 0 Å². The Morgan fingerprint density at radius 3 is 2.37 bits per heavy atom. The number of halogens is 3. The van der Waals surface area contributed by atoms with Crippen molar-refractivity contribution in [2.24, 2.45) is 0 Å². The molecule has 0 atom stereocenters. The number of carbonyl (C=O) groups excluding carboxylic acids is 2. The van der Waals surface area contributed by atoms with Crippen molar-refractivity contribution in [1.82, 2.24) is 4.57 Å². The largest absolute Gasteiger partial charge is 0.420 e. The number of hydrogen-bond acceptors (Lipinski definition) is 4. The molecule has 1 aromatic heterocycles. The Hall–Kier alpha value is -3.39. The topological polar surface area (TPSA) is 69.3 Å². The number of Topliss-reactive ketones (excluding diaryl/α,β-unsaturated/α-hetero) is 1. The molecule has 0 aliphatic rings. The second-order valence-corrected chi connectivity index (χ2v) is 7.44. The Labute approximate surface area is 176 Å². The molecule has 30 heavy (non-hydrogen) atoms. The fourth-order valence-corrected chi connectivity index (χ4v) is 3.32. The third-order valence-electron chi connectivity index (χ3n) is 4.57. The molecule has 0 radical (unpaired) electrons. The molecule has 0 spiro atoms. The number of fused-ring (bicyclic) bond motifs is 1. The van der Waals surface area contributed by atoms with E-state index in [2.05, 4.69) is 15.9 Å². The Morgan fingerprint density at radius 2 is 1.63 bits per heavy atom. The van der Waals surface area contributed by atoms with E-state index in [4.69, 9.17) is 4.42 Å². The minimum atomic E-state index is -0.861. The summed E-state index contributed by atoms with van der Waals surface area (Å²) in [5, 5.41) is 0. The normalized spacial score (nSPS) is 11.0. The first kappa shape index (κ1) is 19.9. The van der Waals surface area contributed by atoms with Crippen LogP contribution in [0, 0.1) is 11.6 Å². The number of rotatable bonds is 5. The fraction of sp³-hybridized carbons (Fsp3) is 0.0455. The Kier molecular flexibility index (Phi) is 5.17. The zero-order valence-electron chi connectivity index (χ0n) is 15.2. The van der Waals surface area contributed by atoms with Crippen molar-refractivity contribution in [1.29, 1.82) is 0 Å². The standard InChI is InChI=1S/C22H12BrF2NO4/c23-14-4-1-12(2-5-14)19(27)11-26-18-8-3-13(9-20(18)30-22(26)29)21(28)16-10-15(24)6-7-17(16)25/h1-10H,11H2. The van der Waals surface area contributed by atoms with Crippen molar-refractivity contribution in [3.63, 3.8) is 0 Å². The van der Waals surface area contributed by atoms with Gasteiger partial charge in [0.25, 0.3) is 0 Å². The molecular weight excluding hydrogens is 460 g/mol. The average molecular weight is 472 g/mol. The van der Waals surface area contributed by atoms with Gasteiger partial charge in [-0.05, 0) is 48.5 Å². The Bertz CT molecular complexity index is 1360. The zero-order chi connectivity index (χ0) is 21.4. The van der Waals surface area contributed by atoms with Gasteiger partial charge in [-0.25, -0.2) is 13.6 Å². The molecular formula is C22H12BrF2NO4. The summed E-state index contributed by atoms with van der Waals surface area (Å²) in [5.41, 5.74) is 0.384. The van der Waals surface area contributed by atoms with Crippen LogP contribution in [0.2, 0.25) is 0 Å². The molecule has 0 bridgehead atoms. The summed E-state index contributed by atoms with van der Waals surface area (Å²) in [4.78, 5) is 37.3. The highest BCUT2D eigenvalue weighted by atomic mass is 79.9. The maximum atomic E-state index is 13.9. The van der Waals surface area contributed by atoms with Gasteiger partial charge < -0.3 is 4.42 Å². The minimum Gasteiger partial charge on any atom is -0.408 e. The number of aromatic nitrogens is 1. The number of nitrogens with zero attached hydrogens (tertiary/aromatic N) is 1. The van der Waals surface area contributed by atoms with Gasteiger partial charge in [0.2, 0.25) is 0 Å². The predicted octanol–water partition coefficient (Wildman–Crippen LogP) is 4.75. The van der Waals surface area contributed by atoms with Crippen LogP contribution in [0.1, 0.15) is 26.3 Å². The molecule has 0 aliphatic carbocycles. The SMILES string of the molecule is O=C(Cn1c(=O)oc2cc(C(=O)c3cc(F)ccc3F)ccc21)c1ccc(Br)cc1. The molecule has 8 heteroatoms. The van der Waals surface area contributed by atoms with Crippen LogP contribution in [0.15, 0.2) is 74.3 Å². The van der Waals surface area contributed by atoms with E-state index in [1.807, 2.05) is 0 Å². The lowest BCUT2D eigenvalue weighted by atomic mass is 10.0. The molecule has 3 aromatic carbocycles. The van der Waals surface area contributed by atoms with Crippen LogP contribution >= 0.6 is 15.9 Å². The van der Waals surface area contributed by atoms with Crippen molar-refractivity contribution >= 4 is 38.6 Å². The van der Waals surface area contributed by atoms with Gasteiger partial charge in [-0.2, -0.15) is 0 Å². The molecule has 0 unspecified atom stereocenters. The summed E-state index contributed by atoms with van der Waals surface area (Å²) < 4.78 is 34.4. The maximum Gasteiger partial charge on any atom is 0.420 e. The molecule has 150 valence electrons. The van der Waals surface area contributed by atoms with Gasteiger partial charge >= 0.3 is 5.76 Å². The maximum absolute atomic E-state index is 13.9. The summed E-state index contributed by atoms with van der Waals surface area (Å²) in [5.74, 6) is -3.42. The van der Waals surface area contributed by atoms with Gasteiger partial charge in [-0.3, -0.25) is 14.2 Å². The molecule has 5 nitrogen and oxygen atoms in total. The lowest BCUT2D eigenvalue weighted by molar-refractivity contribution is 0.0969. The number of oxazole rings is 1. The third kappa shape index (κ3) is 3.73. The third-order valence-corrected chi connectivity index (χ3v) is 5.10. The Balaban J connectivity index is 1.68. The predicted molar refractivity (Wildman–Crippen MR) is 109 cm³/mol. The summed E-state index contributed by atoms with van der Waals surface area (Å²) in [7, 11) is 0. The van der Waals surface area contributed by atoms with Gasteiger partial charge in [0, 0.05) is 15.6 Å². The quantitative estimate of drug-likeness (QED) is 0.394. The van der Waals surface area contributed by atoms with Crippen molar-refractivity contribution in [3.8, 4) is 0 Å². The van der Waals surface area contributed by atoms with Crippen molar-refractivity contribution in [3.05, 3.63) is 104 Å². The zero-order valence-corrected chi connectivity index (χ0v) is 16.8. The monoisotopic (exact) mass is 471 g/mol. The van der Waals surface area contributed by atoms with Crippen LogP contribution in [0.5, 0.6) is 0 Å². The van der Waals surface area contributed by atoms with Gasteiger partial charge in [0.1, 0.15) is 11.6 Å². The van der Waals surface area contributed by atoms with E-state index >= 15 is 0 Å². The second kappa shape index (κ2) is 7.79. The van der Waals surface area contributed by atoms with Crippen molar-refractivity contribution < 1.29 is 22.8 Å². The molecule has 0 fully saturated rings. The van der Waals surface area contributed by atoms with Crippen LogP contribution in [-0.4, -0.2) is 16.1 Å². The van der Waals surface area contributed by atoms with E-state index in [1.54, 1.807) is 24.3 Å². The minimum absolute atomic E-state index is 0.0205. The molecule has 4 rings (SSSR count). The van der Waals surface area contributed by atoms with E-state index in [9.17, 15) is 23.2 Å². The van der Waals surface area contributed by atoms with Crippen LogP contribution < -0.4 is 5.76 Å². The van der Waals surface area contributed by atoms with Crippen LogP contribution in [0.3, 0.4) is 0 Å². The summed E-state index contributed by atoms with van der Waals surface area (Å²) in [6.45, 7) is -0.251. The average Bonchev–Trinajstić information content (AvgIpc) is 3.04. The number of benzene rings is 3. The van der Waals surface area contributed by atoms with Gasteiger partial charge in [-0.15, -0.1) is 0 Å². The Morgan fingerprint density at radius 1 is 0.933 bits per heavy atom. The van der Waals surface area contributed by atoms with Crippen LogP contribution in [0.4, 0.5) is 8.78 Å². The first-order valence-electron chi connectivity index (χ1n) is 8.75. The van der Waals surface area contributed by atoms with E-state index in [1.165, 1.54) is 18.2 Å². The number of carbonyl (C=O) groups is 2. The highest BCUT2D eigenvalue weighted by Crippen LogP contribution is 2.20. The number of hydrogen-bond donors (Lipinski definition) is 0. The van der Waals surface area contributed by atoms with Crippen LogP contribution in [0.25, 0.3) is 11.1 Å². The van der Waals surface area contributed by atoms with Crippen molar-refractivity contribution in [2.45, 2.75) is 6.54 Å². The fourth-order valence-electron chi connectivity index (χ4n) is 3.06. The second-order valence-electron chi connectivity index (χ2n) is 6.52. The number of ketones is 2. The summed E-state index contributed by atoms with van der Waals surface area (Å²) >= 11 is 3.29.